The Bertz CT molecular complexity index is 651. The van der Waals surface area contributed by atoms with Crippen LogP contribution >= 0.6 is 11.8 Å². The summed E-state index contributed by atoms with van der Waals surface area (Å²) >= 11 is 1.67. The van der Waals surface area contributed by atoms with Gasteiger partial charge in [0.15, 0.2) is 0 Å². The smallest absolute Gasteiger partial charge is 0.210 e. The van der Waals surface area contributed by atoms with Crippen molar-refractivity contribution in [3.05, 3.63) is 60.2 Å². The van der Waals surface area contributed by atoms with E-state index in [9.17, 15) is 4.79 Å². The maximum absolute atomic E-state index is 12.5. The van der Waals surface area contributed by atoms with E-state index in [1.54, 1.807) is 11.8 Å². The van der Waals surface area contributed by atoms with Gasteiger partial charge < -0.3 is 4.84 Å². The molecule has 2 rings (SSSR count). The molecule has 4 heteroatoms. The van der Waals surface area contributed by atoms with E-state index in [0.29, 0.717) is 17.7 Å². The second kappa shape index (κ2) is 9.16. The predicted molar refractivity (Wildman–Crippen MR) is 95.3 cm³/mol. The van der Waals surface area contributed by atoms with Gasteiger partial charge in [-0.1, -0.05) is 48.5 Å². The van der Waals surface area contributed by atoms with Gasteiger partial charge in [0.25, 0.3) is 0 Å². The minimum absolute atomic E-state index is 0.0587. The van der Waals surface area contributed by atoms with E-state index in [1.807, 2.05) is 42.5 Å². The molecule has 120 valence electrons. The SMILES string of the molecule is CCCC/C(=N/OC)C(=O)c1ccc(Sc2ccccc2)cc1. The van der Waals surface area contributed by atoms with Gasteiger partial charge in [0.05, 0.1) is 0 Å². The average molecular weight is 327 g/mol. The molecule has 23 heavy (non-hydrogen) atoms. The second-order valence-corrected chi connectivity index (χ2v) is 6.24. The molecule has 0 fully saturated rings. The summed E-state index contributed by atoms with van der Waals surface area (Å²) in [6.07, 6.45) is 2.59. The Labute approximate surface area is 141 Å². The van der Waals surface area contributed by atoms with Crippen LogP contribution < -0.4 is 0 Å². The van der Waals surface area contributed by atoms with Crippen LogP contribution in [0, 0.1) is 0 Å². The minimum Gasteiger partial charge on any atom is -0.399 e. The van der Waals surface area contributed by atoms with Crippen molar-refractivity contribution in [3.8, 4) is 0 Å². The average Bonchev–Trinajstić information content (AvgIpc) is 2.59. The highest BCUT2D eigenvalue weighted by atomic mass is 32.2. The second-order valence-electron chi connectivity index (χ2n) is 5.09. The summed E-state index contributed by atoms with van der Waals surface area (Å²) in [5.74, 6) is -0.0587. The molecule has 0 heterocycles. The van der Waals surface area contributed by atoms with Gasteiger partial charge in [0.1, 0.15) is 12.8 Å². The lowest BCUT2D eigenvalue weighted by Gasteiger charge is -2.06. The number of hydrogen-bond acceptors (Lipinski definition) is 4. The summed E-state index contributed by atoms with van der Waals surface area (Å²) in [6, 6.07) is 17.8. The molecule has 0 atom stereocenters. The van der Waals surface area contributed by atoms with Crippen molar-refractivity contribution in [2.24, 2.45) is 5.16 Å². The van der Waals surface area contributed by atoms with E-state index in [-0.39, 0.29) is 5.78 Å². The first kappa shape index (κ1) is 17.3. The fourth-order valence-corrected chi connectivity index (χ4v) is 2.96. The lowest BCUT2D eigenvalue weighted by Crippen LogP contribution is -2.14. The number of oxime groups is 1. The van der Waals surface area contributed by atoms with E-state index in [2.05, 4.69) is 24.2 Å². The number of carbonyl (C=O) groups is 1. The molecular weight excluding hydrogens is 306 g/mol. The Kier molecular flexibility index (Phi) is 6.88. The van der Waals surface area contributed by atoms with Crippen LogP contribution in [0.3, 0.4) is 0 Å². The fraction of sp³-hybridized carbons (Fsp3) is 0.263. The number of rotatable bonds is 8. The molecule has 0 radical (unpaired) electrons. The number of unbranched alkanes of at least 4 members (excludes halogenated alkanes) is 1. The summed E-state index contributed by atoms with van der Waals surface area (Å²) in [5.41, 5.74) is 1.13. The first-order chi connectivity index (χ1) is 11.2. The van der Waals surface area contributed by atoms with Gasteiger partial charge in [0.2, 0.25) is 5.78 Å². The van der Waals surface area contributed by atoms with E-state index >= 15 is 0 Å². The van der Waals surface area contributed by atoms with Gasteiger partial charge in [-0.15, -0.1) is 0 Å². The van der Waals surface area contributed by atoms with E-state index in [1.165, 1.54) is 12.0 Å². The highest BCUT2D eigenvalue weighted by Gasteiger charge is 2.14. The molecule has 0 aliphatic rings. The molecule has 0 aliphatic carbocycles. The van der Waals surface area contributed by atoms with Crippen LogP contribution in [0.25, 0.3) is 0 Å². The number of Topliss-reactive ketones (excluding diaryl/α,β-unsaturated/α-hetero) is 1. The van der Waals surface area contributed by atoms with Crippen LogP contribution in [0.2, 0.25) is 0 Å². The monoisotopic (exact) mass is 327 g/mol. The van der Waals surface area contributed by atoms with E-state index in [0.717, 1.165) is 17.7 Å². The maximum Gasteiger partial charge on any atom is 0.210 e. The first-order valence-electron chi connectivity index (χ1n) is 7.72. The summed E-state index contributed by atoms with van der Waals surface area (Å²) in [7, 11) is 1.47. The van der Waals surface area contributed by atoms with Crippen LogP contribution in [0.15, 0.2) is 69.5 Å². The number of carbonyl (C=O) groups excluding carboxylic acids is 1. The summed E-state index contributed by atoms with van der Waals surface area (Å²) in [4.78, 5) is 19.6. The summed E-state index contributed by atoms with van der Waals surface area (Å²) < 4.78 is 0. The lowest BCUT2D eigenvalue weighted by molar-refractivity contribution is 0.105. The zero-order valence-electron chi connectivity index (χ0n) is 13.5. The molecule has 0 amide bonds. The Morgan fingerprint density at radius 2 is 1.70 bits per heavy atom. The molecular formula is C19H21NO2S. The van der Waals surface area contributed by atoms with Crippen LogP contribution in [0.4, 0.5) is 0 Å². The molecule has 0 unspecified atom stereocenters. The largest absolute Gasteiger partial charge is 0.399 e. The van der Waals surface area contributed by atoms with Crippen molar-refractivity contribution in [3.63, 3.8) is 0 Å². The zero-order valence-corrected chi connectivity index (χ0v) is 14.3. The molecule has 0 saturated carbocycles. The maximum atomic E-state index is 12.5. The first-order valence-corrected chi connectivity index (χ1v) is 8.54. The third-order valence-corrected chi connectivity index (χ3v) is 4.34. The number of ketones is 1. The standard InChI is InChI=1S/C19H21NO2S/c1-3-4-10-18(20-22-2)19(21)15-11-13-17(14-12-15)23-16-8-6-5-7-9-16/h5-9,11-14H,3-4,10H2,1-2H3/b20-18-. The molecule has 2 aromatic carbocycles. The van der Waals surface area contributed by atoms with Crippen LogP contribution in [-0.2, 0) is 4.84 Å². The van der Waals surface area contributed by atoms with E-state index < -0.39 is 0 Å². The molecule has 0 bridgehead atoms. The predicted octanol–water partition coefficient (Wildman–Crippen LogP) is 5.21. The van der Waals surface area contributed by atoms with Crippen LogP contribution in [0.5, 0.6) is 0 Å². The number of benzene rings is 2. The van der Waals surface area contributed by atoms with Gasteiger partial charge in [0, 0.05) is 15.4 Å². The fourth-order valence-electron chi connectivity index (χ4n) is 2.12. The van der Waals surface area contributed by atoms with Crippen molar-refractivity contribution in [1.82, 2.24) is 0 Å². The zero-order chi connectivity index (χ0) is 16.5. The van der Waals surface area contributed by atoms with Crippen LogP contribution in [0.1, 0.15) is 36.5 Å². The Hall–Kier alpha value is -2.07. The molecule has 0 saturated heterocycles. The molecule has 0 aliphatic heterocycles. The third-order valence-electron chi connectivity index (χ3n) is 3.33. The Balaban J connectivity index is 2.08. The van der Waals surface area contributed by atoms with Crippen molar-refractivity contribution in [2.75, 3.05) is 7.11 Å². The lowest BCUT2D eigenvalue weighted by atomic mass is 10.0. The summed E-state index contributed by atoms with van der Waals surface area (Å²) in [5, 5.41) is 3.89. The molecule has 2 aromatic rings. The summed E-state index contributed by atoms with van der Waals surface area (Å²) in [6.45, 7) is 2.09. The molecule has 0 N–H and O–H groups in total. The van der Waals surface area contributed by atoms with Gasteiger partial charge in [-0.3, -0.25) is 4.79 Å². The Morgan fingerprint density at radius 3 is 2.30 bits per heavy atom. The highest BCUT2D eigenvalue weighted by molar-refractivity contribution is 7.99. The molecule has 0 spiro atoms. The van der Waals surface area contributed by atoms with Crippen LogP contribution in [-0.4, -0.2) is 18.6 Å². The molecule has 3 nitrogen and oxygen atoms in total. The highest BCUT2D eigenvalue weighted by Crippen LogP contribution is 2.27. The van der Waals surface area contributed by atoms with Gasteiger partial charge in [-0.25, -0.2) is 0 Å². The quantitative estimate of drug-likeness (QED) is 0.379. The number of hydrogen-bond donors (Lipinski definition) is 0. The minimum atomic E-state index is -0.0587. The normalized spacial score (nSPS) is 11.3. The van der Waals surface area contributed by atoms with Crippen molar-refractivity contribution in [2.45, 2.75) is 36.0 Å². The topological polar surface area (TPSA) is 38.7 Å². The number of nitrogens with zero attached hydrogens (tertiary/aromatic N) is 1. The van der Waals surface area contributed by atoms with Gasteiger partial charge in [-0.2, -0.15) is 0 Å². The third kappa shape index (κ3) is 5.25. The van der Waals surface area contributed by atoms with E-state index in [4.69, 9.17) is 4.84 Å². The van der Waals surface area contributed by atoms with Gasteiger partial charge >= 0.3 is 0 Å². The Morgan fingerprint density at radius 1 is 1.04 bits per heavy atom. The van der Waals surface area contributed by atoms with Crippen molar-refractivity contribution in [1.29, 1.82) is 0 Å². The van der Waals surface area contributed by atoms with Crippen molar-refractivity contribution < 1.29 is 9.63 Å². The molecule has 0 aromatic heterocycles. The van der Waals surface area contributed by atoms with Crippen molar-refractivity contribution >= 4 is 23.3 Å². The van der Waals surface area contributed by atoms with Gasteiger partial charge in [-0.05, 0) is 49.2 Å².